The fourth-order valence-corrected chi connectivity index (χ4v) is 2.92. The van der Waals surface area contributed by atoms with Crippen LogP contribution in [0.5, 0.6) is 0 Å². The molecular weight excluding hydrogens is 438 g/mol. The maximum absolute atomic E-state index is 13.2. The molecule has 1 aromatic heterocycles. The van der Waals surface area contributed by atoms with E-state index in [0.717, 1.165) is 17.0 Å². The van der Waals surface area contributed by atoms with E-state index >= 15 is 0 Å². The molecule has 166 valence electrons. The summed E-state index contributed by atoms with van der Waals surface area (Å²) < 4.78 is 0. The number of terminal acetylenes is 1. The Morgan fingerprint density at radius 2 is 1.94 bits per heavy atom. The van der Waals surface area contributed by atoms with Gasteiger partial charge in [-0.2, -0.15) is 5.10 Å². The minimum absolute atomic E-state index is 0.128. The number of nitrogens with one attached hydrogen (secondary N) is 1. The van der Waals surface area contributed by atoms with Gasteiger partial charge < -0.3 is 10.3 Å². The smallest absolute Gasteiger partial charge is 0.307 e. The number of nitrogens with zero attached hydrogens (tertiary/aromatic N) is 4. The summed E-state index contributed by atoms with van der Waals surface area (Å²) in [5, 5.41) is 9.20. The van der Waals surface area contributed by atoms with Gasteiger partial charge in [0, 0.05) is 41.6 Å². The van der Waals surface area contributed by atoms with Gasteiger partial charge in [0.15, 0.2) is 0 Å². The second kappa shape index (κ2) is 10.9. The molecule has 33 heavy (non-hydrogen) atoms. The number of carbonyl (C=O) groups excluding carboxylic acids is 2. The van der Waals surface area contributed by atoms with Crippen LogP contribution in [0, 0.1) is 12.3 Å². The largest absolute Gasteiger partial charge is 0.334 e. The molecule has 0 aliphatic heterocycles. The second-order valence-corrected chi connectivity index (χ2v) is 7.41. The lowest BCUT2D eigenvalue weighted by Crippen LogP contribution is -2.40. The van der Waals surface area contributed by atoms with Crippen molar-refractivity contribution in [3.63, 3.8) is 0 Å². The fourth-order valence-electron chi connectivity index (χ4n) is 2.73. The number of anilines is 2. The summed E-state index contributed by atoms with van der Waals surface area (Å²) in [4.78, 5) is 31.5. The number of benzene rings is 2. The van der Waals surface area contributed by atoms with Crippen molar-refractivity contribution in [3.05, 3.63) is 88.6 Å². The molecule has 8 heteroatoms. The average Bonchev–Trinajstić information content (AvgIpc) is 2.84. The Kier molecular flexibility index (Phi) is 7.79. The van der Waals surface area contributed by atoms with Crippen LogP contribution in [0.3, 0.4) is 0 Å². The van der Waals surface area contributed by atoms with Crippen molar-refractivity contribution in [2.45, 2.75) is 6.92 Å². The van der Waals surface area contributed by atoms with Gasteiger partial charge in [0.2, 0.25) is 0 Å². The van der Waals surface area contributed by atoms with E-state index in [0.29, 0.717) is 16.3 Å². The molecule has 0 unspecified atom stereocenters. The Balaban J connectivity index is 1.86. The van der Waals surface area contributed by atoms with Gasteiger partial charge in [-0.1, -0.05) is 35.7 Å². The van der Waals surface area contributed by atoms with E-state index in [4.69, 9.17) is 18.0 Å². The van der Waals surface area contributed by atoms with Crippen molar-refractivity contribution < 1.29 is 9.59 Å². The Bertz CT molecular complexity index is 1200. The van der Waals surface area contributed by atoms with E-state index in [2.05, 4.69) is 21.3 Å². The van der Waals surface area contributed by atoms with Gasteiger partial charge in [-0.05, 0) is 55.0 Å². The Morgan fingerprint density at radius 3 is 2.55 bits per heavy atom. The van der Waals surface area contributed by atoms with Crippen LogP contribution in [0.1, 0.15) is 28.4 Å². The number of hydrogen-bond acceptors (Lipinski definition) is 5. The molecule has 0 aliphatic rings. The predicted octanol–water partition coefficient (Wildman–Crippen LogP) is 4.88. The molecule has 0 fully saturated rings. The molecule has 0 spiro atoms. The van der Waals surface area contributed by atoms with Crippen molar-refractivity contribution in [1.29, 1.82) is 0 Å². The lowest BCUT2D eigenvalue weighted by molar-refractivity contribution is 0.0995. The molecule has 0 saturated heterocycles. The number of aromatic nitrogens is 1. The van der Waals surface area contributed by atoms with Crippen LogP contribution in [-0.4, -0.2) is 41.7 Å². The molecule has 2 aromatic carbocycles. The molecule has 0 bridgehead atoms. The highest BCUT2D eigenvalue weighted by atomic mass is 35.5. The van der Waals surface area contributed by atoms with E-state index in [1.807, 2.05) is 26.1 Å². The number of halogens is 1. The predicted molar refractivity (Wildman–Crippen MR) is 132 cm³/mol. The summed E-state index contributed by atoms with van der Waals surface area (Å²) in [6, 6.07) is 15.9. The van der Waals surface area contributed by atoms with Gasteiger partial charge in [0.05, 0.1) is 6.21 Å². The van der Waals surface area contributed by atoms with Crippen molar-refractivity contribution in [1.82, 2.24) is 9.99 Å². The van der Waals surface area contributed by atoms with Gasteiger partial charge >= 0.3 is 6.03 Å². The van der Waals surface area contributed by atoms with Gasteiger partial charge in [-0.15, -0.1) is 6.42 Å². The molecule has 1 N–H and O–H groups in total. The van der Waals surface area contributed by atoms with Gasteiger partial charge in [0.1, 0.15) is 5.82 Å². The van der Waals surface area contributed by atoms with Crippen LogP contribution in [-0.2, 0) is 0 Å². The Labute approximate surface area is 197 Å². The van der Waals surface area contributed by atoms with E-state index in [1.54, 1.807) is 47.6 Å². The highest BCUT2D eigenvalue weighted by Crippen LogP contribution is 2.20. The van der Waals surface area contributed by atoms with E-state index < -0.39 is 11.9 Å². The minimum Gasteiger partial charge on any atom is -0.307 e. The number of hydrogen-bond donors (Lipinski definition) is 1. The highest BCUT2D eigenvalue weighted by molar-refractivity contribution is 6.31. The molecule has 0 atom stereocenters. The third-order valence-corrected chi connectivity index (χ3v) is 4.88. The molecule has 0 saturated carbocycles. The zero-order valence-corrected chi connectivity index (χ0v) is 19.0. The third kappa shape index (κ3) is 6.19. The minimum atomic E-state index is -0.673. The molecular formula is C25H22ClN5O2. The monoisotopic (exact) mass is 459 g/mol. The van der Waals surface area contributed by atoms with E-state index in [9.17, 15) is 9.59 Å². The number of amides is 3. The first kappa shape index (κ1) is 23.5. The molecule has 3 aromatic rings. The SMILES string of the molecule is C#Cc1ccc(N(C(=O)Nc2ccc(C=NN(C)CC)cc2)C(=O)c2cccc(Cl)c2)nc1. The molecule has 3 rings (SSSR count). The quantitative estimate of drug-likeness (QED) is 0.323. The third-order valence-electron chi connectivity index (χ3n) is 4.64. The summed E-state index contributed by atoms with van der Waals surface area (Å²) in [5.74, 6) is 2.01. The summed E-state index contributed by atoms with van der Waals surface area (Å²) in [7, 11) is 1.88. The van der Waals surface area contributed by atoms with Crippen molar-refractivity contribution in [3.8, 4) is 12.3 Å². The topological polar surface area (TPSA) is 77.9 Å². The number of imide groups is 1. The van der Waals surface area contributed by atoms with E-state index in [1.165, 1.54) is 18.3 Å². The Morgan fingerprint density at radius 1 is 1.18 bits per heavy atom. The number of hydrazone groups is 1. The summed E-state index contributed by atoms with van der Waals surface area (Å²) in [6.45, 7) is 2.79. The fraction of sp³-hybridized carbons (Fsp3) is 0.120. The first-order chi connectivity index (χ1) is 15.9. The number of pyridine rings is 1. The van der Waals surface area contributed by atoms with Crippen molar-refractivity contribution in [2.75, 3.05) is 23.8 Å². The lowest BCUT2D eigenvalue weighted by Gasteiger charge is -2.21. The summed E-state index contributed by atoms with van der Waals surface area (Å²) in [5.41, 5.74) is 2.14. The number of rotatable bonds is 6. The van der Waals surface area contributed by atoms with Crippen LogP contribution < -0.4 is 10.2 Å². The molecule has 3 amide bonds. The highest BCUT2D eigenvalue weighted by Gasteiger charge is 2.26. The normalized spacial score (nSPS) is 10.5. The molecule has 1 heterocycles. The lowest BCUT2D eigenvalue weighted by atomic mass is 10.2. The van der Waals surface area contributed by atoms with Crippen LogP contribution in [0.25, 0.3) is 0 Å². The number of urea groups is 1. The van der Waals surface area contributed by atoms with Crippen LogP contribution in [0.15, 0.2) is 72.0 Å². The van der Waals surface area contributed by atoms with E-state index in [-0.39, 0.29) is 11.4 Å². The van der Waals surface area contributed by atoms with Crippen LogP contribution in [0.4, 0.5) is 16.3 Å². The van der Waals surface area contributed by atoms with Gasteiger partial charge in [-0.3, -0.25) is 4.79 Å². The standard InChI is InChI=1S/C25H22ClN5O2/c1-4-18-11-14-23(27-16-18)31(24(32)20-7-6-8-21(26)15-20)25(33)29-22-12-9-19(10-13-22)17-28-30(3)5-2/h1,6-17H,5H2,2-3H3,(H,29,33). The maximum Gasteiger partial charge on any atom is 0.334 e. The second-order valence-electron chi connectivity index (χ2n) is 6.97. The molecule has 0 aliphatic carbocycles. The average molecular weight is 460 g/mol. The maximum atomic E-state index is 13.2. The van der Waals surface area contributed by atoms with Crippen molar-refractivity contribution >= 4 is 41.3 Å². The van der Waals surface area contributed by atoms with Crippen LogP contribution in [0.2, 0.25) is 5.02 Å². The first-order valence-electron chi connectivity index (χ1n) is 10.1. The first-order valence-corrected chi connectivity index (χ1v) is 10.5. The zero-order chi connectivity index (χ0) is 23.8. The summed E-state index contributed by atoms with van der Waals surface area (Å²) >= 11 is 6.04. The van der Waals surface area contributed by atoms with Crippen LogP contribution >= 0.6 is 11.6 Å². The molecule has 7 nitrogen and oxygen atoms in total. The van der Waals surface area contributed by atoms with Crippen molar-refractivity contribution in [2.24, 2.45) is 5.10 Å². The number of carbonyl (C=O) groups is 2. The van der Waals surface area contributed by atoms with Gasteiger partial charge in [-0.25, -0.2) is 14.7 Å². The van der Waals surface area contributed by atoms with Gasteiger partial charge in [0.25, 0.3) is 5.91 Å². The Hall–Kier alpha value is -4.15. The zero-order valence-electron chi connectivity index (χ0n) is 18.2. The molecule has 0 radical (unpaired) electrons. The summed E-state index contributed by atoms with van der Waals surface area (Å²) in [6.07, 6.45) is 8.53.